The Morgan fingerprint density at radius 3 is 0.370 bits per heavy atom. The summed E-state index contributed by atoms with van der Waals surface area (Å²) in [5.74, 6) is 2.64. The molecule has 54 heavy (non-hydrogen) atoms. The van der Waals surface area contributed by atoms with E-state index in [4.69, 9.17) is 30.6 Å². The molecule has 6 nitrogen and oxygen atoms in total. The molecule has 0 unspecified atom stereocenters. The van der Waals surface area contributed by atoms with Gasteiger partial charge in [-0.1, -0.05) is 156 Å². The first-order chi connectivity index (χ1) is 25.0. The van der Waals surface area contributed by atoms with Gasteiger partial charge in [-0.05, 0) is 110 Å². The van der Waals surface area contributed by atoms with Crippen molar-refractivity contribution in [2.45, 2.75) is 125 Å². The molecule has 0 aliphatic heterocycles. The minimum Gasteiger partial charge on any atom is -0.396 e. The fourth-order valence-corrected chi connectivity index (χ4v) is 1.99. The lowest BCUT2D eigenvalue weighted by atomic mass is 10.1. The Bertz CT molecular complexity index is 895. The highest BCUT2D eigenvalue weighted by atomic mass is 16.3. The molecule has 0 aliphatic carbocycles. The highest BCUT2D eigenvalue weighted by molar-refractivity contribution is 5.24. The number of aliphatic hydroxyl groups is 6. The zero-order valence-electron chi connectivity index (χ0n) is 38.3. The summed E-state index contributed by atoms with van der Waals surface area (Å²) >= 11 is 0. The number of rotatable bonds is 6. The Labute approximate surface area is 335 Å². The van der Waals surface area contributed by atoms with Crippen LogP contribution < -0.4 is 0 Å². The van der Waals surface area contributed by atoms with Crippen molar-refractivity contribution in [1.29, 1.82) is 0 Å². The van der Waals surface area contributed by atoms with Crippen LogP contribution in [-0.4, -0.2) is 70.3 Å². The molecule has 0 atom stereocenters. The quantitative estimate of drug-likeness (QED) is 0.149. The Kier molecular flexibility index (Phi) is 54.7. The lowest BCUT2D eigenvalue weighted by molar-refractivity contribution is 0.248. The maximum atomic E-state index is 8.14. The average Bonchev–Trinajstić information content (AvgIpc) is 3.14. The van der Waals surface area contributed by atoms with Crippen LogP contribution >= 0.6 is 0 Å². The maximum Gasteiger partial charge on any atom is 0.0453 e. The van der Waals surface area contributed by atoms with Crippen molar-refractivity contribution in [2.24, 2.45) is 35.5 Å². The van der Waals surface area contributed by atoms with Crippen molar-refractivity contribution in [3.05, 3.63) is 106 Å². The van der Waals surface area contributed by atoms with E-state index in [0.29, 0.717) is 75.1 Å². The molecule has 3 aromatic carbocycles. The first-order valence-electron chi connectivity index (χ1n) is 19.8. The van der Waals surface area contributed by atoms with Gasteiger partial charge in [-0.3, -0.25) is 0 Å². The maximum absolute atomic E-state index is 8.14. The van der Waals surface area contributed by atoms with Crippen LogP contribution in [-0.2, 0) is 0 Å². The van der Waals surface area contributed by atoms with Gasteiger partial charge in [0.1, 0.15) is 0 Å². The minimum absolute atomic E-state index is 0.306. The zero-order valence-corrected chi connectivity index (χ0v) is 38.3. The molecule has 0 spiro atoms. The largest absolute Gasteiger partial charge is 0.396 e. The van der Waals surface area contributed by atoms with Gasteiger partial charge in [0.25, 0.3) is 0 Å². The number of hydrogen-bond donors (Lipinski definition) is 6. The smallest absolute Gasteiger partial charge is 0.0453 e. The van der Waals surface area contributed by atoms with E-state index in [1.54, 1.807) is 0 Å². The van der Waals surface area contributed by atoms with Gasteiger partial charge in [0.15, 0.2) is 0 Å². The van der Waals surface area contributed by atoms with Gasteiger partial charge in [-0.2, -0.15) is 0 Å². The molecule has 3 rings (SSSR count). The van der Waals surface area contributed by atoms with E-state index in [9.17, 15) is 0 Å². The first-order valence-corrected chi connectivity index (χ1v) is 19.8. The molecule has 6 heteroatoms. The van der Waals surface area contributed by atoms with Gasteiger partial charge in [-0.15, -0.1) is 0 Å². The van der Waals surface area contributed by atoms with Crippen LogP contribution in [0.4, 0.5) is 0 Å². The van der Waals surface area contributed by atoms with Crippen LogP contribution in [0.3, 0.4) is 0 Å². The summed E-state index contributed by atoms with van der Waals surface area (Å²) in [5.41, 5.74) is 8.21. The summed E-state index contributed by atoms with van der Waals surface area (Å²) in [6.07, 6.45) is 0. The van der Waals surface area contributed by atoms with E-state index in [1.807, 2.05) is 83.1 Å². The molecule has 0 heterocycles. The number of aryl methyl sites for hydroxylation is 6. The fourth-order valence-electron chi connectivity index (χ4n) is 1.99. The molecule has 0 saturated carbocycles. The summed E-state index contributed by atoms with van der Waals surface area (Å²) in [7, 11) is 0. The third kappa shape index (κ3) is 64.4. The molecule has 6 N–H and O–H groups in total. The van der Waals surface area contributed by atoms with Gasteiger partial charge in [0, 0.05) is 39.6 Å². The van der Waals surface area contributed by atoms with Gasteiger partial charge in [-0.25, -0.2) is 0 Å². The second-order valence-corrected chi connectivity index (χ2v) is 15.7. The van der Waals surface area contributed by atoms with E-state index in [1.165, 1.54) is 33.4 Å². The van der Waals surface area contributed by atoms with Crippen molar-refractivity contribution >= 4 is 0 Å². The van der Waals surface area contributed by atoms with Crippen LogP contribution in [0.5, 0.6) is 0 Å². The Morgan fingerprint density at radius 2 is 0.333 bits per heavy atom. The number of benzene rings is 3. The van der Waals surface area contributed by atoms with Gasteiger partial charge < -0.3 is 30.6 Å². The van der Waals surface area contributed by atoms with E-state index < -0.39 is 0 Å². The molecule has 0 amide bonds. The van der Waals surface area contributed by atoms with Gasteiger partial charge in [0.2, 0.25) is 0 Å². The molecule has 3 aromatic rings. The van der Waals surface area contributed by atoms with Crippen molar-refractivity contribution in [2.75, 3.05) is 39.6 Å². The van der Waals surface area contributed by atoms with Gasteiger partial charge in [0.05, 0.1) is 0 Å². The lowest BCUT2D eigenvalue weighted by Gasteiger charge is -1.93. The third-order valence-corrected chi connectivity index (χ3v) is 6.47. The normalized spacial score (nSPS) is 9.44. The fraction of sp³-hybridized carbons (Fsp3) is 0.625. The van der Waals surface area contributed by atoms with Crippen LogP contribution in [0.1, 0.15) is 116 Å². The molecular formula is C48H90O6. The minimum atomic E-state index is 0.306. The van der Waals surface area contributed by atoms with Crippen LogP contribution in [0, 0.1) is 77.0 Å². The second-order valence-electron chi connectivity index (χ2n) is 15.7. The van der Waals surface area contributed by atoms with E-state index in [0.717, 1.165) is 0 Å². The highest BCUT2D eigenvalue weighted by Crippen LogP contribution is 2.04. The SMILES string of the molecule is CC(C)CO.CC(C)CO.CC(C)CO.CC(C)CO.CC(C)CO.CC(C)CO.Cc1ccccc1C.Cc1ccccc1C.Cc1ccccc1C. The molecule has 0 radical (unpaired) electrons. The first kappa shape index (κ1) is 63.4. The Balaban J connectivity index is -0.000000121. The summed E-state index contributed by atoms with van der Waals surface area (Å²) < 4.78 is 0. The lowest BCUT2D eigenvalue weighted by Crippen LogP contribution is -1.90. The summed E-state index contributed by atoms with van der Waals surface area (Å²) in [4.78, 5) is 0. The van der Waals surface area contributed by atoms with Gasteiger partial charge >= 0.3 is 0 Å². The molecular weight excluding hydrogens is 673 g/mol. The Hall–Kier alpha value is -2.58. The third-order valence-electron chi connectivity index (χ3n) is 6.47. The molecule has 318 valence electrons. The molecule has 0 bridgehead atoms. The van der Waals surface area contributed by atoms with Crippen LogP contribution in [0.2, 0.25) is 0 Å². The second kappa shape index (κ2) is 46.6. The predicted molar refractivity (Wildman–Crippen MR) is 239 cm³/mol. The zero-order chi connectivity index (χ0) is 43.7. The molecule has 0 saturated heterocycles. The van der Waals surface area contributed by atoms with Crippen LogP contribution in [0.25, 0.3) is 0 Å². The molecule has 0 aliphatic rings. The number of aliphatic hydroxyl groups excluding tert-OH is 6. The van der Waals surface area contributed by atoms with E-state index in [-0.39, 0.29) is 0 Å². The van der Waals surface area contributed by atoms with Crippen LogP contribution in [0.15, 0.2) is 72.8 Å². The Morgan fingerprint density at radius 1 is 0.259 bits per heavy atom. The molecule has 0 aromatic heterocycles. The average molecular weight is 763 g/mol. The summed E-state index contributed by atoms with van der Waals surface area (Å²) in [6.45, 7) is 38.2. The summed E-state index contributed by atoms with van der Waals surface area (Å²) in [6, 6.07) is 25.1. The standard InChI is InChI=1S/3C8H10.6C4H10O/c3*1-7-5-3-4-6-8(7)2;6*1-4(2)3-5/h3*3-6H,1-2H3;6*4-5H,3H2,1-2H3. The summed E-state index contributed by atoms with van der Waals surface area (Å²) in [5, 5.41) is 48.9. The van der Waals surface area contributed by atoms with E-state index >= 15 is 0 Å². The van der Waals surface area contributed by atoms with Crippen molar-refractivity contribution in [1.82, 2.24) is 0 Å². The van der Waals surface area contributed by atoms with Crippen molar-refractivity contribution in [3.63, 3.8) is 0 Å². The van der Waals surface area contributed by atoms with E-state index in [2.05, 4.69) is 114 Å². The molecule has 0 fully saturated rings. The predicted octanol–water partition coefficient (Wildman–Crippen LogP) is 10.7. The highest BCUT2D eigenvalue weighted by Gasteiger charge is 1.87. The van der Waals surface area contributed by atoms with Crippen molar-refractivity contribution in [3.8, 4) is 0 Å². The number of hydrogen-bond acceptors (Lipinski definition) is 6. The van der Waals surface area contributed by atoms with Crippen molar-refractivity contribution < 1.29 is 30.6 Å². The monoisotopic (exact) mass is 763 g/mol. The topological polar surface area (TPSA) is 121 Å².